The van der Waals surface area contributed by atoms with Crippen molar-refractivity contribution >= 4 is 23.3 Å². The number of carbonyl (C=O) groups is 1. The maximum Gasteiger partial charge on any atom is 0.329 e. The van der Waals surface area contributed by atoms with Crippen LogP contribution in [0.5, 0.6) is 0 Å². The van der Waals surface area contributed by atoms with Crippen LogP contribution in [0.2, 0.25) is 5.02 Å². The minimum absolute atomic E-state index is 0.416. The van der Waals surface area contributed by atoms with Crippen molar-refractivity contribution in [2.45, 2.75) is 38.6 Å². The van der Waals surface area contributed by atoms with Crippen LogP contribution in [0.25, 0.3) is 0 Å². The van der Waals surface area contributed by atoms with Crippen molar-refractivity contribution in [3.8, 4) is 0 Å². The molecule has 1 fully saturated rings. The molecule has 0 heterocycles. The van der Waals surface area contributed by atoms with E-state index in [2.05, 4.69) is 19.2 Å². The highest BCUT2D eigenvalue weighted by Crippen LogP contribution is 2.38. The molecule has 1 aromatic carbocycles. The van der Waals surface area contributed by atoms with Gasteiger partial charge in [0.05, 0.1) is 0 Å². The largest absolute Gasteiger partial charge is 0.480 e. The number of benzene rings is 1. The first-order chi connectivity index (χ1) is 8.91. The van der Waals surface area contributed by atoms with Crippen LogP contribution in [0.4, 0.5) is 5.69 Å². The molecular weight excluding hydrogens is 262 g/mol. The number of carboxylic acid groups (broad SMARTS) is 1. The number of hydrogen-bond acceptors (Lipinski definition) is 2. The zero-order valence-electron chi connectivity index (χ0n) is 11.3. The molecule has 2 rings (SSSR count). The summed E-state index contributed by atoms with van der Waals surface area (Å²) in [5.41, 5.74) is -0.0432. The zero-order chi connectivity index (χ0) is 14.0. The smallest absolute Gasteiger partial charge is 0.329 e. The van der Waals surface area contributed by atoms with Gasteiger partial charge in [0.2, 0.25) is 0 Å². The molecule has 1 aromatic rings. The summed E-state index contributed by atoms with van der Waals surface area (Å²) in [6, 6.07) is 7.21. The third kappa shape index (κ3) is 3.21. The quantitative estimate of drug-likeness (QED) is 0.879. The van der Waals surface area contributed by atoms with Gasteiger partial charge in [-0.25, -0.2) is 4.79 Å². The number of anilines is 1. The van der Waals surface area contributed by atoms with Gasteiger partial charge >= 0.3 is 5.97 Å². The molecule has 0 aromatic heterocycles. The summed E-state index contributed by atoms with van der Waals surface area (Å²) in [5.74, 6) is 0.0696. The number of hydrogen-bond donors (Lipinski definition) is 2. The van der Waals surface area contributed by atoms with Crippen LogP contribution in [0.1, 0.15) is 33.1 Å². The molecular formula is C15H20ClNO2. The Bertz CT molecular complexity index is 448. The third-order valence-corrected chi connectivity index (χ3v) is 4.09. The second-order valence-corrected chi connectivity index (χ2v) is 6.31. The number of nitrogens with one attached hydrogen (secondary N) is 1. The van der Waals surface area contributed by atoms with Crippen LogP contribution >= 0.6 is 11.6 Å². The number of carboxylic acids is 1. The van der Waals surface area contributed by atoms with Gasteiger partial charge in [-0.15, -0.1) is 0 Å². The Morgan fingerprint density at radius 3 is 2.26 bits per heavy atom. The predicted octanol–water partition coefficient (Wildman–Crippen LogP) is 4.03. The second kappa shape index (κ2) is 5.41. The minimum Gasteiger partial charge on any atom is -0.480 e. The van der Waals surface area contributed by atoms with Crippen LogP contribution in [0.15, 0.2) is 24.3 Å². The molecule has 0 radical (unpaired) electrons. The van der Waals surface area contributed by atoms with Crippen LogP contribution < -0.4 is 5.32 Å². The summed E-state index contributed by atoms with van der Waals surface area (Å²) in [4.78, 5) is 11.8. The summed E-state index contributed by atoms with van der Waals surface area (Å²) in [6.45, 7) is 4.24. The summed E-state index contributed by atoms with van der Waals surface area (Å²) >= 11 is 5.85. The van der Waals surface area contributed by atoms with Gasteiger partial charge in [-0.2, -0.15) is 0 Å². The Hall–Kier alpha value is -1.22. The van der Waals surface area contributed by atoms with Gasteiger partial charge in [0.25, 0.3) is 0 Å². The van der Waals surface area contributed by atoms with E-state index in [1.54, 1.807) is 12.1 Å². The van der Waals surface area contributed by atoms with Crippen LogP contribution in [-0.4, -0.2) is 16.6 Å². The summed E-state index contributed by atoms with van der Waals surface area (Å²) in [6.07, 6.45) is 2.42. The average Bonchev–Trinajstić information content (AvgIpc) is 2.30. The standard InChI is InChI=1S/C15H20ClNO2/c1-10-7-11(2)9-15(8-10,14(18)19)17-13-5-3-12(16)4-6-13/h3-6,10-11,17H,7-9H2,1-2H3,(H,18,19). The molecule has 0 saturated heterocycles. The SMILES string of the molecule is CC1CC(C)CC(Nc2ccc(Cl)cc2)(C(=O)O)C1. The molecule has 0 amide bonds. The van der Waals surface area contributed by atoms with E-state index < -0.39 is 11.5 Å². The normalized spacial score (nSPS) is 30.9. The molecule has 1 saturated carbocycles. The first-order valence-electron chi connectivity index (χ1n) is 6.68. The molecule has 2 unspecified atom stereocenters. The van der Waals surface area contributed by atoms with E-state index in [-0.39, 0.29) is 0 Å². The van der Waals surface area contributed by atoms with E-state index in [0.29, 0.717) is 29.7 Å². The maximum absolute atomic E-state index is 11.8. The summed E-state index contributed by atoms with van der Waals surface area (Å²) in [7, 11) is 0. The summed E-state index contributed by atoms with van der Waals surface area (Å²) < 4.78 is 0. The van der Waals surface area contributed by atoms with Gasteiger partial charge in [0.1, 0.15) is 5.54 Å². The van der Waals surface area contributed by atoms with Gasteiger partial charge in [-0.05, 0) is 55.4 Å². The minimum atomic E-state index is -0.856. The van der Waals surface area contributed by atoms with Crippen molar-refractivity contribution in [2.75, 3.05) is 5.32 Å². The molecule has 0 aliphatic heterocycles. The monoisotopic (exact) mass is 281 g/mol. The zero-order valence-corrected chi connectivity index (χ0v) is 12.1. The van der Waals surface area contributed by atoms with Crippen molar-refractivity contribution < 1.29 is 9.90 Å². The van der Waals surface area contributed by atoms with Gasteiger partial charge < -0.3 is 10.4 Å². The van der Waals surface area contributed by atoms with Crippen molar-refractivity contribution in [3.05, 3.63) is 29.3 Å². The highest BCUT2D eigenvalue weighted by Gasteiger charge is 2.44. The molecule has 1 aliphatic carbocycles. The lowest BCUT2D eigenvalue weighted by Crippen LogP contribution is -2.51. The van der Waals surface area contributed by atoms with Crippen LogP contribution in [0.3, 0.4) is 0 Å². The lowest BCUT2D eigenvalue weighted by Gasteiger charge is -2.40. The van der Waals surface area contributed by atoms with E-state index in [4.69, 9.17) is 11.6 Å². The van der Waals surface area contributed by atoms with Crippen LogP contribution in [-0.2, 0) is 4.79 Å². The molecule has 1 aliphatic rings. The van der Waals surface area contributed by atoms with Gasteiger partial charge in [0.15, 0.2) is 0 Å². The number of aliphatic carboxylic acids is 1. The topological polar surface area (TPSA) is 49.3 Å². The van der Waals surface area contributed by atoms with Crippen molar-refractivity contribution in [3.63, 3.8) is 0 Å². The predicted molar refractivity (Wildman–Crippen MR) is 77.6 cm³/mol. The van der Waals surface area contributed by atoms with Gasteiger partial charge in [0, 0.05) is 10.7 Å². The van der Waals surface area contributed by atoms with Crippen LogP contribution in [0, 0.1) is 11.8 Å². The Balaban J connectivity index is 2.24. The van der Waals surface area contributed by atoms with E-state index in [0.717, 1.165) is 12.1 Å². The van der Waals surface area contributed by atoms with Crippen molar-refractivity contribution in [1.82, 2.24) is 0 Å². The van der Waals surface area contributed by atoms with E-state index in [1.807, 2.05) is 12.1 Å². The first-order valence-corrected chi connectivity index (χ1v) is 7.06. The molecule has 2 N–H and O–H groups in total. The highest BCUT2D eigenvalue weighted by atomic mass is 35.5. The fourth-order valence-corrected chi connectivity index (χ4v) is 3.39. The second-order valence-electron chi connectivity index (χ2n) is 5.87. The average molecular weight is 282 g/mol. The molecule has 0 bridgehead atoms. The number of halogens is 1. The molecule has 0 spiro atoms. The highest BCUT2D eigenvalue weighted by molar-refractivity contribution is 6.30. The number of rotatable bonds is 3. The Morgan fingerprint density at radius 1 is 1.26 bits per heavy atom. The van der Waals surface area contributed by atoms with E-state index in [1.165, 1.54) is 0 Å². The van der Waals surface area contributed by atoms with Gasteiger partial charge in [-0.1, -0.05) is 25.4 Å². The molecule has 19 heavy (non-hydrogen) atoms. The molecule has 104 valence electrons. The lowest BCUT2D eigenvalue weighted by molar-refractivity contribution is -0.144. The van der Waals surface area contributed by atoms with E-state index >= 15 is 0 Å². The fraction of sp³-hybridized carbons (Fsp3) is 0.533. The Kier molecular flexibility index (Phi) is 4.04. The van der Waals surface area contributed by atoms with E-state index in [9.17, 15) is 9.90 Å². The molecule has 4 heteroatoms. The first kappa shape index (κ1) is 14.2. The maximum atomic E-state index is 11.8. The van der Waals surface area contributed by atoms with Gasteiger partial charge in [-0.3, -0.25) is 0 Å². The Morgan fingerprint density at radius 2 is 1.79 bits per heavy atom. The lowest BCUT2D eigenvalue weighted by atomic mass is 9.71. The van der Waals surface area contributed by atoms with Crippen molar-refractivity contribution in [1.29, 1.82) is 0 Å². The molecule has 2 atom stereocenters. The van der Waals surface area contributed by atoms with Crippen molar-refractivity contribution in [2.24, 2.45) is 11.8 Å². The molecule has 3 nitrogen and oxygen atoms in total. The third-order valence-electron chi connectivity index (χ3n) is 3.84. The summed E-state index contributed by atoms with van der Waals surface area (Å²) in [5, 5.41) is 13.5. The Labute approximate surface area is 119 Å². The fourth-order valence-electron chi connectivity index (χ4n) is 3.27.